The number of nitrogens with zero attached hydrogens (tertiary/aromatic N) is 2. The molecular weight excluding hydrogens is 264 g/mol. The molecule has 6 nitrogen and oxygen atoms in total. The van der Waals surface area contributed by atoms with Crippen molar-refractivity contribution >= 4 is 10.0 Å². The van der Waals surface area contributed by atoms with Gasteiger partial charge in [0.1, 0.15) is 4.90 Å². The molecule has 1 atom stereocenters. The van der Waals surface area contributed by atoms with Crippen LogP contribution < -0.4 is 10.5 Å². The Labute approximate surface area is 115 Å². The van der Waals surface area contributed by atoms with Crippen molar-refractivity contribution in [2.45, 2.75) is 51.0 Å². The smallest absolute Gasteiger partial charge is 0.244 e. The summed E-state index contributed by atoms with van der Waals surface area (Å²) in [6.45, 7) is 7.71. The predicted molar refractivity (Wildman–Crippen MR) is 75.4 cm³/mol. The van der Waals surface area contributed by atoms with E-state index < -0.39 is 15.6 Å². The summed E-state index contributed by atoms with van der Waals surface area (Å²) in [5, 5.41) is 4.15. The molecule has 3 N–H and O–H groups in total. The number of hydrogen-bond acceptors (Lipinski definition) is 4. The first-order valence-electron chi connectivity index (χ1n) is 6.41. The maximum Gasteiger partial charge on any atom is 0.244 e. The zero-order chi connectivity index (χ0) is 14.8. The summed E-state index contributed by atoms with van der Waals surface area (Å²) in [6, 6.07) is 0. The highest BCUT2D eigenvalue weighted by atomic mass is 32.2. The molecule has 1 rings (SSSR count). The molecule has 7 heteroatoms. The Bertz CT molecular complexity index is 550. The van der Waals surface area contributed by atoms with E-state index in [1.165, 1.54) is 0 Å². The lowest BCUT2D eigenvalue weighted by Gasteiger charge is -2.28. The van der Waals surface area contributed by atoms with Gasteiger partial charge in [0.2, 0.25) is 10.0 Å². The van der Waals surface area contributed by atoms with Gasteiger partial charge in [-0.1, -0.05) is 6.92 Å². The molecule has 0 amide bonds. The highest BCUT2D eigenvalue weighted by Gasteiger charge is 2.31. The Hall–Kier alpha value is -0.920. The molecule has 1 heterocycles. The summed E-state index contributed by atoms with van der Waals surface area (Å²) in [6.07, 6.45) is 1.28. The molecule has 0 aromatic carbocycles. The van der Waals surface area contributed by atoms with Gasteiger partial charge in [-0.3, -0.25) is 4.68 Å². The second-order valence-corrected chi connectivity index (χ2v) is 6.80. The number of nitrogens with one attached hydrogen (secondary N) is 1. The van der Waals surface area contributed by atoms with Crippen LogP contribution in [0.2, 0.25) is 0 Å². The van der Waals surface area contributed by atoms with Crippen molar-refractivity contribution in [3.05, 3.63) is 11.4 Å². The average Bonchev–Trinajstić information content (AvgIpc) is 2.53. The second-order valence-electron chi connectivity index (χ2n) is 5.18. The molecule has 1 aromatic heterocycles. The fourth-order valence-corrected chi connectivity index (χ4v) is 4.09. The molecule has 110 valence electrons. The van der Waals surface area contributed by atoms with Crippen LogP contribution in [0.15, 0.2) is 4.90 Å². The zero-order valence-corrected chi connectivity index (χ0v) is 13.1. The van der Waals surface area contributed by atoms with Gasteiger partial charge in [-0.2, -0.15) is 5.10 Å². The Morgan fingerprint density at radius 1 is 1.42 bits per heavy atom. The molecule has 1 unspecified atom stereocenters. The van der Waals surface area contributed by atoms with Gasteiger partial charge in [-0.05, 0) is 40.2 Å². The Morgan fingerprint density at radius 2 is 2.00 bits per heavy atom. The molecular formula is C12H24N4O2S. The van der Waals surface area contributed by atoms with Gasteiger partial charge >= 0.3 is 0 Å². The summed E-state index contributed by atoms with van der Waals surface area (Å²) in [5.74, 6) is 0. The van der Waals surface area contributed by atoms with Crippen LogP contribution in [-0.2, 0) is 17.1 Å². The van der Waals surface area contributed by atoms with E-state index in [1.54, 1.807) is 25.6 Å². The molecule has 0 aliphatic carbocycles. The van der Waals surface area contributed by atoms with E-state index in [2.05, 4.69) is 9.82 Å². The predicted octanol–water partition coefficient (Wildman–Crippen LogP) is 0.833. The number of hydrogen-bond donors (Lipinski definition) is 2. The molecule has 0 bridgehead atoms. The molecule has 0 spiro atoms. The third kappa shape index (κ3) is 3.34. The average molecular weight is 288 g/mol. The second kappa shape index (κ2) is 5.60. The minimum absolute atomic E-state index is 0.270. The van der Waals surface area contributed by atoms with E-state index in [0.29, 0.717) is 30.8 Å². The lowest BCUT2D eigenvalue weighted by Crippen LogP contribution is -2.46. The van der Waals surface area contributed by atoms with Crippen LogP contribution in [0.5, 0.6) is 0 Å². The van der Waals surface area contributed by atoms with E-state index in [9.17, 15) is 8.42 Å². The third-order valence-electron chi connectivity index (χ3n) is 3.57. The summed E-state index contributed by atoms with van der Waals surface area (Å²) < 4.78 is 29.4. The fraction of sp³-hybridized carbons (Fsp3) is 0.750. The lowest BCUT2D eigenvalue weighted by molar-refractivity contribution is 0.379. The van der Waals surface area contributed by atoms with Crippen molar-refractivity contribution in [3.8, 4) is 0 Å². The van der Waals surface area contributed by atoms with Gasteiger partial charge < -0.3 is 5.73 Å². The maximum atomic E-state index is 12.5. The first-order valence-corrected chi connectivity index (χ1v) is 7.89. The normalized spacial score (nSPS) is 15.5. The van der Waals surface area contributed by atoms with Gasteiger partial charge in [-0.25, -0.2) is 13.1 Å². The summed E-state index contributed by atoms with van der Waals surface area (Å²) in [5.41, 5.74) is 6.18. The zero-order valence-electron chi connectivity index (χ0n) is 12.3. The number of aryl methyl sites for hydroxylation is 2. The summed E-state index contributed by atoms with van der Waals surface area (Å²) in [7, 11) is -1.85. The molecule has 0 saturated carbocycles. The largest absolute Gasteiger partial charge is 0.330 e. The monoisotopic (exact) mass is 288 g/mol. The van der Waals surface area contributed by atoms with Crippen LogP contribution >= 0.6 is 0 Å². The van der Waals surface area contributed by atoms with Crippen LogP contribution in [0.4, 0.5) is 0 Å². The Morgan fingerprint density at radius 3 is 2.37 bits per heavy atom. The first kappa shape index (κ1) is 16.1. The highest BCUT2D eigenvalue weighted by molar-refractivity contribution is 7.89. The number of aromatic nitrogens is 2. The van der Waals surface area contributed by atoms with Crippen molar-refractivity contribution in [2.75, 3.05) is 6.54 Å². The molecule has 0 radical (unpaired) electrons. The van der Waals surface area contributed by atoms with E-state index in [0.717, 1.165) is 0 Å². The highest BCUT2D eigenvalue weighted by Crippen LogP contribution is 2.23. The fourth-order valence-electron chi connectivity index (χ4n) is 2.14. The summed E-state index contributed by atoms with van der Waals surface area (Å²) in [4.78, 5) is 0.270. The first-order chi connectivity index (χ1) is 8.67. The van der Waals surface area contributed by atoms with Gasteiger partial charge in [0.15, 0.2) is 0 Å². The summed E-state index contributed by atoms with van der Waals surface area (Å²) >= 11 is 0. The van der Waals surface area contributed by atoms with Crippen molar-refractivity contribution < 1.29 is 8.42 Å². The molecule has 0 aliphatic rings. The van der Waals surface area contributed by atoms with Crippen molar-refractivity contribution in [1.82, 2.24) is 14.5 Å². The molecule has 0 fully saturated rings. The van der Waals surface area contributed by atoms with Crippen molar-refractivity contribution in [2.24, 2.45) is 12.8 Å². The van der Waals surface area contributed by atoms with Gasteiger partial charge in [0.05, 0.1) is 11.4 Å². The van der Waals surface area contributed by atoms with Crippen LogP contribution in [0.1, 0.15) is 38.1 Å². The quantitative estimate of drug-likeness (QED) is 0.811. The van der Waals surface area contributed by atoms with Crippen LogP contribution in [0.3, 0.4) is 0 Å². The molecule has 19 heavy (non-hydrogen) atoms. The number of sulfonamides is 1. The van der Waals surface area contributed by atoms with E-state index in [1.807, 2.05) is 13.8 Å². The Balaban J connectivity index is 3.18. The Kier molecular flexibility index (Phi) is 4.76. The van der Waals surface area contributed by atoms with Gasteiger partial charge in [0.25, 0.3) is 0 Å². The molecule has 0 saturated heterocycles. The third-order valence-corrected chi connectivity index (χ3v) is 5.46. The van der Waals surface area contributed by atoms with Crippen LogP contribution in [0, 0.1) is 13.8 Å². The van der Waals surface area contributed by atoms with Gasteiger partial charge in [-0.15, -0.1) is 0 Å². The standard InChI is InChI=1S/C12H24N4O2S/c1-6-12(4,7-8-13)15-19(17,18)11-9(2)14-16(5)10(11)3/h15H,6-8,13H2,1-5H3. The molecule has 0 aliphatic heterocycles. The van der Waals surface area contributed by atoms with Crippen molar-refractivity contribution in [3.63, 3.8) is 0 Å². The van der Waals surface area contributed by atoms with E-state index in [4.69, 9.17) is 5.73 Å². The van der Waals surface area contributed by atoms with Crippen LogP contribution in [-0.4, -0.2) is 30.3 Å². The van der Waals surface area contributed by atoms with E-state index in [-0.39, 0.29) is 4.90 Å². The van der Waals surface area contributed by atoms with Crippen molar-refractivity contribution in [1.29, 1.82) is 0 Å². The van der Waals surface area contributed by atoms with E-state index >= 15 is 0 Å². The topological polar surface area (TPSA) is 90.0 Å². The maximum absolute atomic E-state index is 12.5. The molecule has 1 aromatic rings. The van der Waals surface area contributed by atoms with Crippen LogP contribution in [0.25, 0.3) is 0 Å². The number of nitrogens with two attached hydrogens (primary N) is 1. The lowest BCUT2D eigenvalue weighted by atomic mass is 9.96. The number of rotatable bonds is 6. The van der Waals surface area contributed by atoms with Gasteiger partial charge in [0, 0.05) is 12.6 Å². The minimum Gasteiger partial charge on any atom is -0.330 e. The minimum atomic E-state index is -3.58. The SMILES string of the molecule is CCC(C)(CCN)NS(=O)(=O)c1c(C)nn(C)c1C.